The Morgan fingerprint density at radius 1 is 1.20 bits per heavy atom. The van der Waals surface area contributed by atoms with Crippen molar-refractivity contribution in [2.45, 2.75) is 12.8 Å². The molecule has 1 saturated heterocycles. The Morgan fingerprint density at radius 3 is 2.67 bits per heavy atom. The summed E-state index contributed by atoms with van der Waals surface area (Å²) in [6.07, 6.45) is 1.57. The largest absolute Gasteiger partial charge is 0.481 e. The summed E-state index contributed by atoms with van der Waals surface area (Å²) in [6.45, 7) is 1.58. The number of aliphatic carboxylic acids is 1. The number of amides is 1. The highest BCUT2D eigenvalue weighted by atomic mass is 32.2. The maximum atomic E-state index is 11.9. The average Bonchev–Trinajstić information content (AvgIpc) is 3.02. The highest BCUT2D eigenvalue weighted by Crippen LogP contribution is 2.40. The van der Waals surface area contributed by atoms with Crippen LogP contribution in [0, 0.1) is 11.8 Å². The van der Waals surface area contributed by atoms with E-state index in [0.717, 1.165) is 31.0 Å². The molecule has 2 aliphatic rings. The van der Waals surface area contributed by atoms with Crippen LogP contribution in [-0.4, -0.2) is 46.5 Å². The Bertz CT molecular complexity index is 274. The molecule has 0 unspecified atom stereocenters. The van der Waals surface area contributed by atoms with Crippen LogP contribution in [0.2, 0.25) is 0 Å². The van der Waals surface area contributed by atoms with Gasteiger partial charge in [0, 0.05) is 18.8 Å². The van der Waals surface area contributed by atoms with Crippen molar-refractivity contribution in [3.63, 3.8) is 0 Å². The lowest BCUT2D eigenvalue weighted by Gasteiger charge is -2.19. The van der Waals surface area contributed by atoms with Gasteiger partial charge in [-0.1, -0.05) is 0 Å². The Hall–Kier alpha value is -0.710. The van der Waals surface area contributed by atoms with E-state index in [-0.39, 0.29) is 11.8 Å². The average molecular weight is 229 g/mol. The van der Waals surface area contributed by atoms with Gasteiger partial charge in [-0.2, -0.15) is 11.8 Å². The Kier molecular flexibility index (Phi) is 3.19. The molecule has 0 spiro atoms. The van der Waals surface area contributed by atoms with Gasteiger partial charge < -0.3 is 10.0 Å². The van der Waals surface area contributed by atoms with Crippen molar-refractivity contribution in [2.24, 2.45) is 11.8 Å². The van der Waals surface area contributed by atoms with Crippen LogP contribution >= 0.6 is 11.8 Å². The van der Waals surface area contributed by atoms with Crippen molar-refractivity contribution in [1.29, 1.82) is 0 Å². The lowest BCUT2D eigenvalue weighted by atomic mass is 10.2. The number of carboxylic acids is 1. The van der Waals surface area contributed by atoms with Gasteiger partial charge in [0.05, 0.1) is 11.8 Å². The molecule has 0 aromatic heterocycles. The second-order valence-corrected chi connectivity index (χ2v) is 5.30. The number of hydrogen-bond donors (Lipinski definition) is 1. The molecular weight excluding hydrogens is 214 g/mol. The molecule has 2 atom stereocenters. The molecule has 84 valence electrons. The summed E-state index contributed by atoms with van der Waals surface area (Å²) in [6, 6.07) is 0. The number of hydrogen-bond acceptors (Lipinski definition) is 3. The second-order valence-electron chi connectivity index (χ2n) is 4.08. The molecule has 15 heavy (non-hydrogen) atoms. The monoisotopic (exact) mass is 229 g/mol. The molecular formula is C10H15NO3S. The zero-order chi connectivity index (χ0) is 10.8. The second kappa shape index (κ2) is 4.43. The molecule has 1 heterocycles. The number of thioether (sulfide) groups is 1. The van der Waals surface area contributed by atoms with Crippen molar-refractivity contribution in [3.8, 4) is 0 Å². The quantitative estimate of drug-likeness (QED) is 0.756. The van der Waals surface area contributed by atoms with E-state index in [0.29, 0.717) is 6.42 Å². The van der Waals surface area contributed by atoms with Crippen LogP contribution in [0.4, 0.5) is 0 Å². The zero-order valence-corrected chi connectivity index (χ0v) is 9.33. The molecule has 1 saturated carbocycles. The highest BCUT2D eigenvalue weighted by Gasteiger charge is 2.49. The van der Waals surface area contributed by atoms with E-state index < -0.39 is 11.9 Å². The van der Waals surface area contributed by atoms with Crippen molar-refractivity contribution in [2.75, 3.05) is 24.6 Å². The Balaban J connectivity index is 1.88. The van der Waals surface area contributed by atoms with Gasteiger partial charge in [0.1, 0.15) is 0 Å². The Labute approximate surface area is 93.0 Å². The lowest BCUT2D eigenvalue weighted by molar-refractivity contribution is -0.141. The van der Waals surface area contributed by atoms with Gasteiger partial charge in [0.2, 0.25) is 5.91 Å². The molecule has 0 bridgehead atoms. The summed E-state index contributed by atoms with van der Waals surface area (Å²) in [7, 11) is 0. The van der Waals surface area contributed by atoms with Gasteiger partial charge in [0.25, 0.3) is 0 Å². The van der Waals surface area contributed by atoms with Crippen LogP contribution in [-0.2, 0) is 9.59 Å². The standard InChI is InChI=1S/C10H15NO3S/c12-9(7-6-8(7)10(13)14)11-2-1-4-15-5-3-11/h7-8H,1-6H2,(H,13,14)/t7-,8+/m0/s1. The van der Waals surface area contributed by atoms with Gasteiger partial charge in [-0.3, -0.25) is 9.59 Å². The summed E-state index contributed by atoms with van der Waals surface area (Å²) in [5.41, 5.74) is 0. The van der Waals surface area contributed by atoms with Crippen LogP contribution < -0.4 is 0 Å². The van der Waals surface area contributed by atoms with Gasteiger partial charge in [-0.15, -0.1) is 0 Å². The topological polar surface area (TPSA) is 57.6 Å². The molecule has 5 heteroatoms. The first-order valence-electron chi connectivity index (χ1n) is 5.29. The van der Waals surface area contributed by atoms with Crippen molar-refractivity contribution in [3.05, 3.63) is 0 Å². The van der Waals surface area contributed by atoms with E-state index in [1.165, 1.54) is 0 Å². The maximum absolute atomic E-state index is 11.9. The van der Waals surface area contributed by atoms with E-state index in [1.54, 1.807) is 0 Å². The molecule has 0 radical (unpaired) electrons. The third-order valence-corrected chi connectivity index (χ3v) is 4.01. The minimum Gasteiger partial charge on any atom is -0.481 e. The molecule has 1 aliphatic heterocycles. The number of carboxylic acid groups (broad SMARTS) is 1. The minimum absolute atomic E-state index is 0.0601. The van der Waals surface area contributed by atoms with Crippen LogP contribution in [0.25, 0.3) is 0 Å². The van der Waals surface area contributed by atoms with Gasteiger partial charge >= 0.3 is 5.97 Å². The number of nitrogens with zero attached hydrogens (tertiary/aromatic N) is 1. The third kappa shape index (κ3) is 2.45. The summed E-state index contributed by atoms with van der Waals surface area (Å²) in [5.74, 6) is 0.689. The van der Waals surface area contributed by atoms with Crippen molar-refractivity contribution < 1.29 is 14.7 Å². The molecule has 4 nitrogen and oxygen atoms in total. The van der Waals surface area contributed by atoms with Crippen LogP contribution in [0.5, 0.6) is 0 Å². The minimum atomic E-state index is -0.822. The molecule has 1 amide bonds. The number of rotatable bonds is 2. The summed E-state index contributed by atoms with van der Waals surface area (Å²) in [5, 5.41) is 8.75. The van der Waals surface area contributed by atoms with E-state index in [2.05, 4.69) is 0 Å². The number of carbonyl (C=O) groups excluding carboxylic acids is 1. The summed E-state index contributed by atoms with van der Waals surface area (Å²) < 4.78 is 0. The SMILES string of the molecule is O=C(O)[C@@H]1C[C@@H]1C(=O)N1CCCSCC1. The van der Waals surface area contributed by atoms with Gasteiger partial charge in [-0.05, 0) is 18.6 Å². The Morgan fingerprint density at radius 2 is 2.00 bits per heavy atom. The molecule has 1 aliphatic carbocycles. The fourth-order valence-electron chi connectivity index (χ4n) is 1.94. The summed E-state index contributed by atoms with van der Waals surface area (Å²) in [4.78, 5) is 24.4. The smallest absolute Gasteiger partial charge is 0.307 e. The first-order valence-corrected chi connectivity index (χ1v) is 6.45. The maximum Gasteiger partial charge on any atom is 0.307 e. The molecule has 1 N–H and O–H groups in total. The van der Waals surface area contributed by atoms with E-state index in [1.807, 2.05) is 16.7 Å². The van der Waals surface area contributed by atoms with E-state index in [4.69, 9.17) is 5.11 Å². The van der Waals surface area contributed by atoms with Crippen LogP contribution in [0.3, 0.4) is 0 Å². The van der Waals surface area contributed by atoms with Crippen molar-refractivity contribution >= 4 is 23.6 Å². The first kappa shape index (κ1) is 10.8. The molecule has 0 aromatic carbocycles. The van der Waals surface area contributed by atoms with Gasteiger partial charge in [0.15, 0.2) is 0 Å². The lowest BCUT2D eigenvalue weighted by Crippen LogP contribution is -2.34. The van der Waals surface area contributed by atoms with Gasteiger partial charge in [-0.25, -0.2) is 0 Å². The predicted molar refractivity (Wildman–Crippen MR) is 57.8 cm³/mol. The normalized spacial score (nSPS) is 30.8. The number of carbonyl (C=O) groups is 2. The molecule has 2 rings (SSSR count). The van der Waals surface area contributed by atoms with Crippen LogP contribution in [0.15, 0.2) is 0 Å². The summed E-state index contributed by atoms with van der Waals surface area (Å²) >= 11 is 1.87. The zero-order valence-electron chi connectivity index (χ0n) is 8.52. The fourth-order valence-corrected chi connectivity index (χ4v) is 2.83. The van der Waals surface area contributed by atoms with E-state index >= 15 is 0 Å². The third-order valence-electron chi connectivity index (χ3n) is 2.96. The van der Waals surface area contributed by atoms with E-state index in [9.17, 15) is 9.59 Å². The molecule has 0 aromatic rings. The predicted octanol–water partition coefficient (Wildman–Crippen LogP) is 0.673. The molecule has 2 fully saturated rings. The highest BCUT2D eigenvalue weighted by molar-refractivity contribution is 7.99. The van der Waals surface area contributed by atoms with Crippen LogP contribution in [0.1, 0.15) is 12.8 Å². The fraction of sp³-hybridized carbons (Fsp3) is 0.800. The first-order chi connectivity index (χ1) is 7.20. The van der Waals surface area contributed by atoms with Crippen molar-refractivity contribution in [1.82, 2.24) is 4.90 Å².